The lowest BCUT2D eigenvalue weighted by Gasteiger charge is -2.19. The van der Waals surface area contributed by atoms with Crippen LogP contribution in [0.5, 0.6) is 0 Å². The number of aromatic nitrogens is 2. The SMILES string of the molecule is C=C/C=C(\C=C)NC(=O)Nc1ccc(N(C)c2ccnc(Nc3ccccc3)n2)cc1. The highest BCUT2D eigenvalue weighted by Gasteiger charge is 2.08. The Hall–Kier alpha value is -4.39. The molecular formula is C24H24N6O. The Labute approximate surface area is 181 Å². The smallest absolute Gasteiger partial charge is 0.323 e. The van der Waals surface area contributed by atoms with Gasteiger partial charge < -0.3 is 20.9 Å². The van der Waals surface area contributed by atoms with Crippen LogP contribution in [0.1, 0.15) is 0 Å². The van der Waals surface area contributed by atoms with E-state index in [1.807, 2.05) is 72.6 Å². The summed E-state index contributed by atoms with van der Waals surface area (Å²) in [7, 11) is 1.92. The summed E-state index contributed by atoms with van der Waals surface area (Å²) in [6, 6.07) is 18.7. The number of hydrogen-bond donors (Lipinski definition) is 3. The van der Waals surface area contributed by atoms with Crippen LogP contribution in [0.15, 0.2) is 104 Å². The number of hydrogen-bond acceptors (Lipinski definition) is 5. The van der Waals surface area contributed by atoms with Crippen LogP contribution in [-0.2, 0) is 0 Å². The van der Waals surface area contributed by atoms with Crippen molar-refractivity contribution in [3.63, 3.8) is 0 Å². The normalized spacial score (nSPS) is 10.7. The van der Waals surface area contributed by atoms with Gasteiger partial charge in [-0.1, -0.05) is 37.4 Å². The molecular weight excluding hydrogens is 388 g/mol. The van der Waals surface area contributed by atoms with E-state index in [-0.39, 0.29) is 6.03 Å². The quantitative estimate of drug-likeness (QED) is 0.434. The number of amides is 2. The van der Waals surface area contributed by atoms with Crippen molar-refractivity contribution in [2.75, 3.05) is 22.6 Å². The number of carbonyl (C=O) groups excluding carboxylic acids is 1. The van der Waals surface area contributed by atoms with Gasteiger partial charge in [0.15, 0.2) is 0 Å². The van der Waals surface area contributed by atoms with E-state index in [0.717, 1.165) is 17.2 Å². The Bertz CT molecular complexity index is 1080. The van der Waals surface area contributed by atoms with Crippen molar-refractivity contribution >= 4 is 34.9 Å². The highest BCUT2D eigenvalue weighted by Crippen LogP contribution is 2.24. The number of allylic oxidation sites excluding steroid dienone is 3. The van der Waals surface area contributed by atoms with Gasteiger partial charge in [0.25, 0.3) is 0 Å². The largest absolute Gasteiger partial charge is 0.329 e. The first kappa shape index (κ1) is 21.3. The molecule has 3 aromatic rings. The number of nitrogens with one attached hydrogen (secondary N) is 3. The fourth-order valence-electron chi connectivity index (χ4n) is 2.73. The number of benzene rings is 2. The number of para-hydroxylation sites is 1. The van der Waals surface area contributed by atoms with E-state index < -0.39 is 0 Å². The van der Waals surface area contributed by atoms with Gasteiger partial charge in [0, 0.05) is 36.0 Å². The van der Waals surface area contributed by atoms with Crippen molar-refractivity contribution in [1.29, 1.82) is 0 Å². The van der Waals surface area contributed by atoms with Crippen molar-refractivity contribution in [3.8, 4) is 0 Å². The average Bonchev–Trinajstić information content (AvgIpc) is 2.79. The number of carbonyl (C=O) groups is 1. The molecule has 7 heteroatoms. The molecule has 7 nitrogen and oxygen atoms in total. The lowest BCUT2D eigenvalue weighted by Crippen LogP contribution is -2.27. The van der Waals surface area contributed by atoms with E-state index in [1.165, 1.54) is 0 Å². The zero-order valence-corrected chi connectivity index (χ0v) is 17.2. The molecule has 0 aliphatic heterocycles. The summed E-state index contributed by atoms with van der Waals surface area (Å²) in [5, 5.41) is 8.66. The van der Waals surface area contributed by atoms with Crippen LogP contribution in [-0.4, -0.2) is 23.0 Å². The molecule has 2 amide bonds. The minimum absolute atomic E-state index is 0.360. The molecule has 0 unspecified atom stereocenters. The summed E-state index contributed by atoms with van der Waals surface area (Å²) >= 11 is 0. The molecule has 156 valence electrons. The van der Waals surface area contributed by atoms with Gasteiger partial charge in [-0.2, -0.15) is 4.98 Å². The molecule has 2 aromatic carbocycles. The predicted molar refractivity (Wildman–Crippen MR) is 127 cm³/mol. The van der Waals surface area contributed by atoms with Crippen molar-refractivity contribution < 1.29 is 4.79 Å². The second-order valence-corrected chi connectivity index (χ2v) is 6.48. The molecule has 3 N–H and O–H groups in total. The summed E-state index contributed by atoms with van der Waals surface area (Å²) in [4.78, 5) is 22.9. The summed E-state index contributed by atoms with van der Waals surface area (Å²) < 4.78 is 0. The zero-order valence-electron chi connectivity index (χ0n) is 17.2. The average molecular weight is 412 g/mol. The number of nitrogens with zero attached hydrogens (tertiary/aromatic N) is 3. The van der Waals surface area contributed by atoms with Gasteiger partial charge in [0.2, 0.25) is 5.95 Å². The second-order valence-electron chi connectivity index (χ2n) is 6.48. The van der Waals surface area contributed by atoms with Crippen LogP contribution in [0, 0.1) is 0 Å². The van der Waals surface area contributed by atoms with Gasteiger partial charge in [-0.3, -0.25) is 0 Å². The summed E-state index contributed by atoms with van der Waals surface area (Å²) in [5.41, 5.74) is 3.05. The molecule has 0 spiro atoms. The van der Waals surface area contributed by atoms with Crippen LogP contribution in [0.4, 0.5) is 33.6 Å². The molecule has 0 radical (unpaired) electrons. The van der Waals surface area contributed by atoms with E-state index in [4.69, 9.17) is 0 Å². The van der Waals surface area contributed by atoms with Crippen LogP contribution in [0.25, 0.3) is 0 Å². The van der Waals surface area contributed by atoms with E-state index in [9.17, 15) is 4.79 Å². The first-order valence-corrected chi connectivity index (χ1v) is 9.61. The summed E-state index contributed by atoms with van der Waals surface area (Å²) in [6.07, 6.45) is 6.49. The summed E-state index contributed by atoms with van der Waals surface area (Å²) in [5.74, 6) is 1.24. The van der Waals surface area contributed by atoms with E-state index in [2.05, 4.69) is 39.1 Å². The first-order valence-electron chi connectivity index (χ1n) is 9.61. The monoisotopic (exact) mass is 412 g/mol. The maximum absolute atomic E-state index is 12.1. The van der Waals surface area contributed by atoms with Crippen LogP contribution in [0.3, 0.4) is 0 Å². The molecule has 1 aromatic heterocycles. The molecule has 0 saturated carbocycles. The number of anilines is 5. The third kappa shape index (κ3) is 6.04. The number of rotatable bonds is 8. The molecule has 0 fully saturated rings. The standard InChI is InChI=1S/C24H24N6O/c1-4-9-18(5-2)27-24(31)28-20-12-14-21(15-13-20)30(3)22-16-17-25-23(29-22)26-19-10-7-6-8-11-19/h4-17H,1-2H2,3H3,(H,25,26,29)(H2,27,28,31)/b18-9+. The van der Waals surface area contributed by atoms with Gasteiger partial charge in [-0.05, 0) is 54.6 Å². The predicted octanol–water partition coefficient (Wildman–Crippen LogP) is 5.37. The van der Waals surface area contributed by atoms with Crippen molar-refractivity contribution in [2.24, 2.45) is 0 Å². The molecule has 0 atom stereocenters. The van der Waals surface area contributed by atoms with Gasteiger partial charge in [0.1, 0.15) is 5.82 Å². The fourth-order valence-corrected chi connectivity index (χ4v) is 2.73. The Morgan fingerprint density at radius 3 is 2.42 bits per heavy atom. The van der Waals surface area contributed by atoms with Gasteiger partial charge in [-0.25, -0.2) is 9.78 Å². The lowest BCUT2D eigenvalue weighted by molar-refractivity contribution is 0.254. The molecule has 0 bridgehead atoms. The molecule has 0 saturated heterocycles. The van der Waals surface area contributed by atoms with E-state index in [1.54, 1.807) is 24.4 Å². The molecule has 1 heterocycles. The van der Waals surface area contributed by atoms with Crippen LogP contribution >= 0.6 is 0 Å². The maximum Gasteiger partial charge on any atom is 0.323 e. The van der Waals surface area contributed by atoms with Gasteiger partial charge in [0.05, 0.1) is 0 Å². The van der Waals surface area contributed by atoms with E-state index in [0.29, 0.717) is 17.3 Å². The van der Waals surface area contributed by atoms with Crippen molar-refractivity contribution in [1.82, 2.24) is 15.3 Å². The molecule has 0 aliphatic rings. The third-order valence-corrected chi connectivity index (χ3v) is 4.30. The summed E-state index contributed by atoms with van der Waals surface area (Å²) in [6.45, 7) is 7.25. The third-order valence-electron chi connectivity index (χ3n) is 4.30. The van der Waals surface area contributed by atoms with Gasteiger partial charge in [-0.15, -0.1) is 0 Å². The van der Waals surface area contributed by atoms with Crippen molar-refractivity contribution in [3.05, 3.63) is 104 Å². The highest BCUT2D eigenvalue weighted by molar-refractivity contribution is 5.91. The minimum atomic E-state index is -0.360. The molecule has 31 heavy (non-hydrogen) atoms. The number of urea groups is 1. The Morgan fingerprint density at radius 2 is 1.74 bits per heavy atom. The topological polar surface area (TPSA) is 82.2 Å². The Morgan fingerprint density at radius 1 is 1.00 bits per heavy atom. The van der Waals surface area contributed by atoms with Crippen LogP contribution < -0.4 is 20.9 Å². The van der Waals surface area contributed by atoms with E-state index >= 15 is 0 Å². The molecule has 3 rings (SSSR count). The minimum Gasteiger partial charge on any atom is -0.329 e. The zero-order chi connectivity index (χ0) is 22.1. The van der Waals surface area contributed by atoms with Gasteiger partial charge >= 0.3 is 6.03 Å². The lowest BCUT2D eigenvalue weighted by atomic mass is 10.2. The first-order chi connectivity index (χ1) is 15.1. The Kier molecular flexibility index (Phi) is 7.16. The molecule has 0 aliphatic carbocycles. The second kappa shape index (κ2) is 10.4. The highest BCUT2D eigenvalue weighted by atomic mass is 16.2. The van der Waals surface area contributed by atoms with Crippen LogP contribution in [0.2, 0.25) is 0 Å². The Balaban J connectivity index is 1.66. The maximum atomic E-state index is 12.1. The van der Waals surface area contributed by atoms with Crippen molar-refractivity contribution in [2.45, 2.75) is 0 Å². The fraction of sp³-hybridized carbons (Fsp3) is 0.0417.